The van der Waals surface area contributed by atoms with Crippen molar-refractivity contribution in [3.63, 3.8) is 0 Å². The highest BCUT2D eigenvalue weighted by atomic mass is 19.1. The van der Waals surface area contributed by atoms with E-state index in [1.54, 1.807) is 30.6 Å². The van der Waals surface area contributed by atoms with Gasteiger partial charge in [-0.1, -0.05) is 6.07 Å². The molecule has 130 valence electrons. The van der Waals surface area contributed by atoms with Crippen LogP contribution in [0.5, 0.6) is 0 Å². The molecule has 4 aromatic rings. The van der Waals surface area contributed by atoms with Crippen LogP contribution >= 0.6 is 0 Å². The highest BCUT2D eigenvalue weighted by Crippen LogP contribution is 2.16. The average Bonchev–Trinajstić information content (AvgIpc) is 2.94. The van der Waals surface area contributed by atoms with Gasteiger partial charge in [0.2, 0.25) is 0 Å². The van der Waals surface area contributed by atoms with Crippen LogP contribution in [0.15, 0.2) is 59.7 Å². The first-order chi connectivity index (χ1) is 12.6. The minimum atomic E-state index is -0.309. The number of anilines is 2. The standard InChI is InChI=1S/C18H15FN6O/c1-12-9-16(21-15-6-4-14(19)5-7-15)22-17-23-24(18(26)25(12)17)11-13-3-2-8-20-10-13/h2-10H,11H2,1H3,(H,21,22,23). The molecule has 0 unspecified atom stereocenters. The molecule has 0 atom stereocenters. The number of fused-ring (bicyclic) bond motifs is 1. The molecule has 0 bridgehead atoms. The molecule has 3 heterocycles. The summed E-state index contributed by atoms with van der Waals surface area (Å²) in [6.07, 6.45) is 3.37. The number of halogens is 1. The topological polar surface area (TPSA) is 77.1 Å². The number of rotatable bonds is 4. The van der Waals surface area contributed by atoms with E-state index in [1.165, 1.54) is 21.2 Å². The van der Waals surface area contributed by atoms with Crippen LogP contribution in [-0.2, 0) is 6.54 Å². The van der Waals surface area contributed by atoms with Crippen LogP contribution in [0.1, 0.15) is 11.3 Å². The summed E-state index contributed by atoms with van der Waals surface area (Å²) in [6, 6.07) is 11.4. The Bertz CT molecular complexity index is 1120. The third-order valence-corrected chi connectivity index (χ3v) is 3.91. The Hall–Kier alpha value is -3.55. The molecule has 0 amide bonds. The molecule has 0 radical (unpaired) electrons. The van der Waals surface area contributed by atoms with Gasteiger partial charge in [-0.3, -0.25) is 4.98 Å². The molecule has 0 saturated heterocycles. The maximum absolute atomic E-state index is 13.0. The van der Waals surface area contributed by atoms with Gasteiger partial charge in [-0.15, -0.1) is 5.10 Å². The summed E-state index contributed by atoms with van der Waals surface area (Å²) in [5.74, 6) is 0.513. The number of aromatic nitrogens is 5. The number of aryl methyl sites for hydroxylation is 1. The molecule has 0 aliphatic carbocycles. The minimum Gasteiger partial charge on any atom is -0.340 e. The lowest BCUT2D eigenvalue weighted by Gasteiger charge is -2.06. The zero-order valence-electron chi connectivity index (χ0n) is 13.9. The fourth-order valence-electron chi connectivity index (χ4n) is 2.69. The van der Waals surface area contributed by atoms with Gasteiger partial charge in [-0.25, -0.2) is 18.3 Å². The second-order valence-corrected chi connectivity index (χ2v) is 5.85. The molecule has 8 heteroatoms. The number of pyridine rings is 1. The van der Waals surface area contributed by atoms with Crippen molar-refractivity contribution >= 4 is 17.3 Å². The van der Waals surface area contributed by atoms with E-state index in [9.17, 15) is 9.18 Å². The van der Waals surface area contributed by atoms with Crippen molar-refractivity contribution < 1.29 is 4.39 Å². The Morgan fingerprint density at radius 2 is 2.00 bits per heavy atom. The van der Waals surface area contributed by atoms with Gasteiger partial charge in [-0.05, 0) is 42.8 Å². The molecule has 0 aliphatic rings. The van der Waals surface area contributed by atoms with Crippen molar-refractivity contribution in [2.75, 3.05) is 5.32 Å². The summed E-state index contributed by atoms with van der Waals surface area (Å²) >= 11 is 0. The van der Waals surface area contributed by atoms with E-state index in [1.807, 2.05) is 19.1 Å². The van der Waals surface area contributed by atoms with Crippen molar-refractivity contribution in [1.82, 2.24) is 24.1 Å². The molecule has 26 heavy (non-hydrogen) atoms. The predicted octanol–water partition coefficient (Wildman–Crippen LogP) is 2.53. The first-order valence-electron chi connectivity index (χ1n) is 7.99. The molecule has 0 aliphatic heterocycles. The summed E-state index contributed by atoms with van der Waals surface area (Å²) in [7, 11) is 0. The highest BCUT2D eigenvalue weighted by molar-refractivity contribution is 5.57. The molecule has 1 N–H and O–H groups in total. The maximum atomic E-state index is 13.0. The van der Waals surface area contributed by atoms with Crippen LogP contribution in [0.2, 0.25) is 0 Å². The third kappa shape index (κ3) is 3.04. The molecule has 0 saturated carbocycles. The van der Waals surface area contributed by atoms with Gasteiger partial charge < -0.3 is 5.32 Å². The van der Waals surface area contributed by atoms with Crippen molar-refractivity contribution in [3.05, 3.63) is 82.4 Å². The lowest BCUT2D eigenvalue weighted by atomic mass is 10.3. The smallest absolute Gasteiger partial charge is 0.340 e. The van der Waals surface area contributed by atoms with Gasteiger partial charge in [-0.2, -0.15) is 4.98 Å². The first-order valence-corrected chi connectivity index (χ1v) is 7.99. The van der Waals surface area contributed by atoms with Gasteiger partial charge in [0.1, 0.15) is 11.6 Å². The molecular weight excluding hydrogens is 335 g/mol. The number of nitrogens with zero attached hydrogens (tertiary/aromatic N) is 5. The average molecular weight is 350 g/mol. The quantitative estimate of drug-likeness (QED) is 0.612. The molecule has 7 nitrogen and oxygen atoms in total. The summed E-state index contributed by atoms with van der Waals surface area (Å²) in [5.41, 5.74) is 2.00. The summed E-state index contributed by atoms with van der Waals surface area (Å²) in [4.78, 5) is 21.0. The van der Waals surface area contributed by atoms with Crippen LogP contribution in [0, 0.1) is 12.7 Å². The molecule has 3 aromatic heterocycles. The van der Waals surface area contributed by atoms with Crippen molar-refractivity contribution in [2.45, 2.75) is 13.5 Å². The van der Waals surface area contributed by atoms with Crippen molar-refractivity contribution in [2.24, 2.45) is 0 Å². The monoisotopic (exact) mass is 350 g/mol. The van der Waals surface area contributed by atoms with Gasteiger partial charge in [0.15, 0.2) is 0 Å². The number of benzene rings is 1. The van der Waals surface area contributed by atoms with Gasteiger partial charge in [0.05, 0.1) is 6.54 Å². The number of nitrogens with one attached hydrogen (secondary N) is 1. The summed E-state index contributed by atoms with van der Waals surface area (Å²) < 4.78 is 15.8. The van der Waals surface area contributed by atoms with E-state index < -0.39 is 0 Å². The lowest BCUT2D eigenvalue weighted by Crippen LogP contribution is -2.22. The largest absolute Gasteiger partial charge is 0.352 e. The Labute approximate surface area is 147 Å². The Kier molecular flexibility index (Phi) is 3.92. The van der Waals surface area contributed by atoms with E-state index >= 15 is 0 Å². The predicted molar refractivity (Wildman–Crippen MR) is 95.0 cm³/mol. The first kappa shape index (κ1) is 15.9. The Balaban J connectivity index is 1.70. The summed E-state index contributed by atoms with van der Waals surface area (Å²) in [6.45, 7) is 2.12. The molecule has 0 spiro atoms. The Morgan fingerprint density at radius 3 is 2.73 bits per heavy atom. The molecular formula is C18H15FN6O. The molecule has 0 fully saturated rings. The van der Waals surface area contributed by atoms with E-state index in [2.05, 4.69) is 20.4 Å². The van der Waals surface area contributed by atoms with E-state index in [0.717, 1.165) is 5.56 Å². The molecule has 1 aromatic carbocycles. The maximum Gasteiger partial charge on any atom is 0.352 e. The van der Waals surface area contributed by atoms with Crippen LogP contribution in [-0.4, -0.2) is 24.1 Å². The second-order valence-electron chi connectivity index (χ2n) is 5.85. The number of hydrogen-bond donors (Lipinski definition) is 1. The Morgan fingerprint density at radius 1 is 1.19 bits per heavy atom. The van der Waals surface area contributed by atoms with Gasteiger partial charge >= 0.3 is 5.69 Å². The van der Waals surface area contributed by atoms with E-state index in [0.29, 0.717) is 29.5 Å². The lowest BCUT2D eigenvalue weighted by molar-refractivity contribution is 0.628. The van der Waals surface area contributed by atoms with Crippen molar-refractivity contribution in [3.8, 4) is 0 Å². The normalized spacial score (nSPS) is 11.0. The third-order valence-electron chi connectivity index (χ3n) is 3.91. The van der Waals surface area contributed by atoms with E-state index in [4.69, 9.17) is 0 Å². The van der Waals surface area contributed by atoms with Crippen LogP contribution < -0.4 is 11.0 Å². The minimum absolute atomic E-state index is 0.262. The zero-order chi connectivity index (χ0) is 18.1. The fraction of sp³-hybridized carbons (Fsp3) is 0.111. The summed E-state index contributed by atoms with van der Waals surface area (Å²) in [5, 5.41) is 7.40. The zero-order valence-corrected chi connectivity index (χ0v) is 13.9. The van der Waals surface area contributed by atoms with Crippen LogP contribution in [0.4, 0.5) is 15.9 Å². The van der Waals surface area contributed by atoms with Gasteiger partial charge in [0, 0.05) is 29.8 Å². The SMILES string of the molecule is Cc1cc(Nc2ccc(F)cc2)nc2nn(Cc3cccnc3)c(=O)n12. The fourth-order valence-corrected chi connectivity index (χ4v) is 2.69. The number of hydrogen-bond acceptors (Lipinski definition) is 5. The van der Waals surface area contributed by atoms with Crippen LogP contribution in [0.25, 0.3) is 5.78 Å². The molecule has 4 rings (SSSR count). The highest BCUT2D eigenvalue weighted by Gasteiger charge is 2.12. The second kappa shape index (κ2) is 6.40. The van der Waals surface area contributed by atoms with Crippen molar-refractivity contribution in [1.29, 1.82) is 0 Å². The van der Waals surface area contributed by atoms with Gasteiger partial charge in [0.25, 0.3) is 5.78 Å². The van der Waals surface area contributed by atoms with Crippen LogP contribution in [0.3, 0.4) is 0 Å². The van der Waals surface area contributed by atoms with E-state index in [-0.39, 0.29) is 11.5 Å².